The molecule has 15 heavy (non-hydrogen) atoms. The number of rotatable bonds is 3. The molecule has 2 heterocycles. The second-order valence-corrected chi connectivity index (χ2v) is 7.89. The van der Waals surface area contributed by atoms with Crippen molar-refractivity contribution in [3.63, 3.8) is 0 Å². The molecule has 0 spiro atoms. The summed E-state index contributed by atoms with van der Waals surface area (Å²) in [5, 5.41) is 0.0463. The third-order valence-electron chi connectivity index (χ3n) is 2.51. The minimum absolute atomic E-state index is 0.0463. The summed E-state index contributed by atoms with van der Waals surface area (Å²) < 4.78 is 7.81. The van der Waals surface area contributed by atoms with Crippen molar-refractivity contribution in [3.05, 3.63) is 19.2 Å². The van der Waals surface area contributed by atoms with Crippen LogP contribution in [-0.2, 0) is 4.74 Å². The van der Waals surface area contributed by atoms with E-state index in [1.54, 1.807) is 11.3 Å². The van der Waals surface area contributed by atoms with Crippen LogP contribution in [0.25, 0.3) is 0 Å². The van der Waals surface area contributed by atoms with Crippen LogP contribution in [-0.4, -0.2) is 12.7 Å². The van der Waals surface area contributed by atoms with E-state index in [0.717, 1.165) is 27.0 Å². The predicted molar refractivity (Wildman–Crippen MR) is 71.9 cm³/mol. The van der Waals surface area contributed by atoms with E-state index >= 15 is 0 Å². The van der Waals surface area contributed by atoms with Crippen LogP contribution in [0.3, 0.4) is 0 Å². The first kappa shape index (κ1) is 12.4. The van der Waals surface area contributed by atoms with Gasteiger partial charge >= 0.3 is 0 Å². The summed E-state index contributed by atoms with van der Waals surface area (Å²) in [7, 11) is 0. The molecule has 1 saturated heterocycles. The molecule has 1 fully saturated rings. The third kappa shape index (κ3) is 3.19. The maximum Gasteiger partial charge on any atom is 0.0757 e. The van der Waals surface area contributed by atoms with Gasteiger partial charge in [0.2, 0.25) is 0 Å². The van der Waals surface area contributed by atoms with Crippen molar-refractivity contribution in [2.24, 2.45) is 0 Å². The van der Waals surface area contributed by atoms with Crippen LogP contribution < -0.4 is 0 Å². The van der Waals surface area contributed by atoms with Crippen LogP contribution in [0.15, 0.2) is 13.6 Å². The van der Waals surface area contributed by atoms with Gasteiger partial charge in [0.05, 0.1) is 19.1 Å². The molecule has 1 aliphatic heterocycles. The molecular weight excluding hydrogens is 363 g/mol. The molecule has 2 atom stereocenters. The lowest BCUT2D eigenvalue weighted by Crippen LogP contribution is -2.07. The van der Waals surface area contributed by atoms with Gasteiger partial charge < -0.3 is 4.74 Å². The van der Waals surface area contributed by atoms with Gasteiger partial charge in [-0.15, -0.1) is 22.9 Å². The molecule has 1 aromatic heterocycles. The Morgan fingerprint density at radius 1 is 1.60 bits per heavy atom. The zero-order valence-corrected chi connectivity index (χ0v) is 12.8. The van der Waals surface area contributed by atoms with E-state index in [-0.39, 0.29) is 5.38 Å². The number of halogens is 3. The van der Waals surface area contributed by atoms with E-state index in [2.05, 4.69) is 37.9 Å². The maximum absolute atomic E-state index is 6.38. The van der Waals surface area contributed by atoms with Gasteiger partial charge in [-0.05, 0) is 62.8 Å². The van der Waals surface area contributed by atoms with E-state index < -0.39 is 0 Å². The molecule has 0 amide bonds. The minimum Gasteiger partial charge on any atom is -0.378 e. The van der Waals surface area contributed by atoms with Crippen molar-refractivity contribution in [2.45, 2.75) is 30.7 Å². The highest BCUT2D eigenvalue weighted by Gasteiger charge is 2.22. The Morgan fingerprint density at radius 2 is 2.40 bits per heavy atom. The Labute approximate surface area is 115 Å². The Morgan fingerprint density at radius 3 is 2.93 bits per heavy atom. The fraction of sp³-hybridized carbons (Fsp3) is 0.600. The van der Waals surface area contributed by atoms with Crippen molar-refractivity contribution < 1.29 is 4.74 Å². The van der Waals surface area contributed by atoms with Crippen LogP contribution in [0.1, 0.15) is 30.2 Å². The van der Waals surface area contributed by atoms with Crippen molar-refractivity contribution in [3.8, 4) is 0 Å². The quantitative estimate of drug-likeness (QED) is 0.667. The van der Waals surface area contributed by atoms with E-state index in [4.69, 9.17) is 16.3 Å². The molecule has 84 valence electrons. The largest absolute Gasteiger partial charge is 0.378 e. The van der Waals surface area contributed by atoms with Gasteiger partial charge in [-0.1, -0.05) is 0 Å². The summed E-state index contributed by atoms with van der Waals surface area (Å²) in [6.07, 6.45) is 3.57. The van der Waals surface area contributed by atoms with Gasteiger partial charge in [-0.25, -0.2) is 0 Å². The maximum atomic E-state index is 6.38. The minimum atomic E-state index is 0.0463. The van der Waals surface area contributed by atoms with Crippen LogP contribution in [0.2, 0.25) is 0 Å². The van der Waals surface area contributed by atoms with Gasteiger partial charge in [-0.3, -0.25) is 0 Å². The van der Waals surface area contributed by atoms with E-state index in [9.17, 15) is 0 Å². The highest BCUT2D eigenvalue weighted by atomic mass is 79.9. The van der Waals surface area contributed by atoms with E-state index in [1.807, 2.05) is 0 Å². The second kappa shape index (κ2) is 5.50. The zero-order chi connectivity index (χ0) is 10.8. The molecule has 0 radical (unpaired) electrons. The Hall–Kier alpha value is 0.910. The predicted octanol–water partition coefficient (Wildman–Crippen LogP) is 5.12. The smallest absolute Gasteiger partial charge is 0.0757 e. The standard InChI is InChI=1S/C10H11Br2ClOS/c11-9-5-7(10(12)15-9)8(13)4-6-2-1-3-14-6/h5-6,8H,1-4H2. The molecular formula is C10H11Br2ClOS. The summed E-state index contributed by atoms with van der Waals surface area (Å²) in [4.78, 5) is 0. The molecule has 0 N–H and O–H groups in total. The normalized spacial score (nSPS) is 23.3. The second-order valence-electron chi connectivity index (χ2n) is 3.62. The van der Waals surface area contributed by atoms with E-state index in [0.29, 0.717) is 6.10 Å². The Balaban J connectivity index is 2.00. The van der Waals surface area contributed by atoms with Crippen molar-refractivity contribution in [1.82, 2.24) is 0 Å². The van der Waals surface area contributed by atoms with Gasteiger partial charge in [0.1, 0.15) is 0 Å². The monoisotopic (exact) mass is 372 g/mol. The molecule has 0 bridgehead atoms. The van der Waals surface area contributed by atoms with Gasteiger partial charge in [0.15, 0.2) is 0 Å². The van der Waals surface area contributed by atoms with Crippen LogP contribution >= 0.6 is 54.8 Å². The van der Waals surface area contributed by atoms with Gasteiger partial charge in [-0.2, -0.15) is 0 Å². The summed E-state index contributed by atoms with van der Waals surface area (Å²) >= 11 is 15.0. The van der Waals surface area contributed by atoms with Crippen molar-refractivity contribution >= 4 is 54.8 Å². The Bertz CT molecular complexity index is 336. The van der Waals surface area contributed by atoms with E-state index in [1.165, 1.54) is 12.0 Å². The molecule has 0 aliphatic carbocycles. The lowest BCUT2D eigenvalue weighted by atomic mass is 10.1. The average Bonchev–Trinajstić information content (AvgIpc) is 2.75. The zero-order valence-electron chi connectivity index (χ0n) is 8.01. The van der Waals surface area contributed by atoms with Crippen LogP contribution in [0.4, 0.5) is 0 Å². The highest BCUT2D eigenvalue weighted by molar-refractivity contribution is 9.12. The number of ether oxygens (including phenoxy) is 1. The lowest BCUT2D eigenvalue weighted by molar-refractivity contribution is 0.103. The first-order valence-electron chi connectivity index (χ1n) is 4.87. The number of hydrogen-bond donors (Lipinski definition) is 0. The summed E-state index contributed by atoms with van der Waals surface area (Å²) in [6.45, 7) is 0.892. The van der Waals surface area contributed by atoms with Crippen molar-refractivity contribution in [2.75, 3.05) is 6.61 Å². The third-order valence-corrected chi connectivity index (χ3v) is 5.31. The summed E-state index contributed by atoms with van der Waals surface area (Å²) in [5.41, 5.74) is 1.17. The fourth-order valence-corrected chi connectivity index (χ4v) is 5.30. The van der Waals surface area contributed by atoms with Gasteiger partial charge in [0.25, 0.3) is 0 Å². The van der Waals surface area contributed by atoms with Crippen LogP contribution in [0, 0.1) is 0 Å². The summed E-state index contributed by atoms with van der Waals surface area (Å²) in [5.74, 6) is 0. The van der Waals surface area contributed by atoms with Crippen LogP contribution in [0.5, 0.6) is 0 Å². The first-order valence-corrected chi connectivity index (χ1v) is 7.71. The summed E-state index contributed by atoms with van der Waals surface area (Å²) in [6, 6.07) is 2.08. The van der Waals surface area contributed by atoms with Gasteiger partial charge in [0, 0.05) is 6.61 Å². The SMILES string of the molecule is ClC(CC1CCCO1)c1cc(Br)sc1Br. The average molecular weight is 375 g/mol. The number of thiophene rings is 1. The Kier molecular flexibility index (Phi) is 4.53. The molecule has 1 nitrogen and oxygen atoms in total. The highest BCUT2D eigenvalue weighted by Crippen LogP contribution is 2.40. The lowest BCUT2D eigenvalue weighted by Gasteiger charge is -2.13. The first-order chi connectivity index (χ1) is 7.16. The molecule has 1 aliphatic rings. The topological polar surface area (TPSA) is 9.23 Å². The molecule has 2 unspecified atom stereocenters. The molecule has 5 heteroatoms. The molecule has 0 aromatic carbocycles. The molecule has 2 rings (SSSR count). The van der Waals surface area contributed by atoms with Crippen molar-refractivity contribution in [1.29, 1.82) is 0 Å². The molecule has 1 aromatic rings. The molecule has 0 saturated carbocycles. The number of alkyl halides is 1. The number of hydrogen-bond acceptors (Lipinski definition) is 2. The fourth-order valence-electron chi connectivity index (χ4n) is 1.75.